The van der Waals surface area contributed by atoms with Gasteiger partial charge in [0.15, 0.2) is 11.5 Å². The maximum Gasteiger partial charge on any atom is 0.175 e. The number of rotatable bonds is 6. The van der Waals surface area contributed by atoms with Crippen LogP contribution in [-0.4, -0.2) is 30.5 Å². The van der Waals surface area contributed by atoms with Crippen LogP contribution in [0.2, 0.25) is 0 Å². The van der Waals surface area contributed by atoms with Gasteiger partial charge in [-0.2, -0.15) is 0 Å². The van der Waals surface area contributed by atoms with Crippen LogP contribution in [0.25, 0.3) is 0 Å². The van der Waals surface area contributed by atoms with Gasteiger partial charge >= 0.3 is 0 Å². The number of hydrogen-bond acceptors (Lipinski definition) is 4. The minimum absolute atomic E-state index is 0.0502. The van der Waals surface area contributed by atoms with E-state index >= 15 is 0 Å². The number of ether oxygens (including phenoxy) is 2. The Labute approximate surface area is 135 Å². The van der Waals surface area contributed by atoms with Crippen molar-refractivity contribution in [2.75, 3.05) is 19.8 Å². The summed E-state index contributed by atoms with van der Waals surface area (Å²) in [5.74, 6) is 1.60. The van der Waals surface area contributed by atoms with Crippen LogP contribution in [-0.2, 0) is 6.54 Å². The number of hydrogen-bond donors (Lipinski definition) is 2. The number of aliphatic hydroxyl groups is 1. The number of aliphatic hydroxyl groups excluding tert-OH is 1. The van der Waals surface area contributed by atoms with Gasteiger partial charge in [0.05, 0.1) is 17.7 Å². The van der Waals surface area contributed by atoms with Crippen LogP contribution in [0.3, 0.4) is 0 Å². The van der Waals surface area contributed by atoms with E-state index in [1.807, 2.05) is 6.07 Å². The summed E-state index contributed by atoms with van der Waals surface area (Å²) in [6.45, 7) is 6.58. The topological polar surface area (TPSA) is 50.7 Å². The minimum atomic E-state index is -0.0502. The Morgan fingerprint density at radius 2 is 2.10 bits per heavy atom. The first-order valence-electron chi connectivity index (χ1n) is 7.52. The Bertz CT molecular complexity index is 481. The molecule has 0 aliphatic carbocycles. The summed E-state index contributed by atoms with van der Waals surface area (Å²) in [5, 5.41) is 12.7. The van der Waals surface area contributed by atoms with Gasteiger partial charge < -0.3 is 19.9 Å². The molecular formula is C16H24BrNO3. The third-order valence-electron chi connectivity index (χ3n) is 4.03. The van der Waals surface area contributed by atoms with Crippen LogP contribution in [0.4, 0.5) is 0 Å². The van der Waals surface area contributed by atoms with Crippen molar-refractivity contribution in [1.82, 2.24) is 5.32 Å². The molecule has 0 fully saturated rings. The second-order valence-electron chi connectivity index (χ2n) is 5.70. The molecule has 0 amide bonds. The molecule has 21 heavy (non-hydrogen) atoms. The molecule has 0 saturated heterocycles. The van der Waals surface area contributed by atoms with E-state index in [2.05, 4.69) is 41.2 Å². The summed E-state index contributed by atoms with van der Waals surface area (Å²) in [7, 11) is 0. The summed E-state index contributed by atoms with van der Waals surface area (Å²) >= 11 is 3.56. The highest BCUT2D eigenvalue weighted by atomic mass is 79.9. The molecule has 1 heterocycles. The zero-order valence-corrected chi connectivity index (χ0v) is 14.3. The van der Waals surface area contributed by atoms with E-state index < -0.39 is 0 Å². The van der Waals surface area contributed by atoms with Crippen LogP contribution >= 0.6 is 15.9 Å². The van der Waals surface area contributed by atoms with Crippen molar-refractivity contribution in [1.29, 1.82) is 0 Å². The van der Waals surface area contributed by atoms with Gasteiger partial charge in [0.2, 0.25) is 0 Å². The van der Waals surface area contributed by atoms with Crippen LogP contribution in [0.1, 0.15) is 38.7 Å². The predicted molar refractivity (Wildman–Crippen MR) is 87.0 cm³/mol. The van der Waals surface area contributed by atoms with Crippen LogP contribution in [0.15, 0.2) is 16.6 Å². The third-order valence-corrected chi connectivity index (χ3v) is 4.61. The molecule has 1 aromatic rings. The smallest absolute Gasteiger partial charge is 0.175 e. The van der Waals surface area contributed by atoms with Crippen molar-refractivity contribution < 1.29 is 14.6 Å². The molecular weight excluding hydrogens is 334 g/mol. The normalized spacial score (nSPS) is 17.1. The van der Waals surface area contributed by atoms with Crippen molar-refractivity contribution in [3.05, 3.63) is 22.2 Å². The quantitative estimate of drug-likeness (QED) is 0.820. The molecule has 1 atom stereocenters. The van der Waals surface area contributed by atoms with E-state index in [0.717, 1.165) is 47.3 Å². The van der Waals surface area contributed by atoms with E-state index in [9.17, 15) is 5.11 Å². The maximum atomic E-state index is 9.18. The van der Waals surface area contributed by atoms with Gasteiger partial charge in [-0.3, -0.25) is 0 Å². The van der Waals surface area contributed by atoms with Gasteiger partial charge in [0, 0.05) is 25.1 Å². The average Bonchev–Trinajstić information content (AvgIpc) is 2.71. The van der Waals surface area contributed by atoms with Crippen molar-refractivity contribution in [2.24, 2.45) is 0 Å². The number of fused-ring (bicyclic) bond motifs is 1. The lowest BCUT2D eigenvalue weighted by Gasteiger charge is -2.29. The largest absolute Gasteiger partial charge is 0.490 e. The molecule has 1 aromatic carbocycles. The van der Waals surface area contributed by atoms with Gasteiger partial charge in [0.1, 0.15) is 0 Å². The second-order valence-corrected chi connectivity index (χ2v) is 6.55. The Balaban J connectivity index is 2.10. The number of benzene rings is 1. The van der Waals surface area contributed by atoms with Crippen LogP contribution in [0, 0.1) is 0 Å². The molecule has 5 heteroatoms. The van der Waals surface area contributed by atoms with Crippen molar-refractivity contribution in [3.8, 4) is 11.5 Å². The van der Waals surface area contributed by atoms with E-state index in [1.54, 1.807) is 0 Å². The number of nitrogens with one attached hydrogen (secondary N) is 1. The fraction of sp³-hybridized carbons (Fsp3) is 0.625. The standard InChI is InChI=1S/C16H24BrNO3/c1-3-16(2,5-6-19)18-11-12-9-13(17)15-14(10-12)20-7-4-8-21-15/h9-10,18-19H,3-8,11H2,1-2H3. The first-order chi connectivity index (χ1) is 10.1. The second kappa shape index (κ2) is 7.47. The van der Waals surface area contributed by atoms with E-state index in [-0.39, 0.29) is 12.1 Å². The van der Waals surface area contributed by atoms with Crippen LogP contribution in [0.5, 0.6) is 11.5 Å². The SMILES string of the molecule is CCC(C)(CCO)NCc1cc(Br)c2c(c1)OCCCO2. The van der Waals surface area contributed by atoms with E-state index in [1.165, 1.54) is 0 Å². The fourth-order valence-electron chi connectivity index (χ4n) is 2.34. The molecule has 1 unspecified atom stereocenters. The Morgan fingerprint density at radius 3 is 2.81 bits per heavy atom. The van der Waals surface area contributed by atoms with Gasteiger partial charge in [-0.05, 0) is 53.4 Å². The lowest BCUT2D eigenvalue weighted by molar-refractivity contribution is 0.214. The average molecular weight is 358 g/mol. The monoisotopic (exact) mass is 357 g/mol. The van der Waals surface area contributed by atoms with Crippen molar-refractivity contribution >= 4 is 15.9 Å². The Hall–Kier alpha value is -0.780. The molecule has 2 N–H and O–H groups in total. The van der Waals surface area contributed by atoms with Gasteiger partial charge in [0.25, 0.3) is 0 Å². The molecule has 2 rings (SSSR count). The zero-order valence-electron chi connectivity index (χ0n) is 12.7. The van der Waals surface area contributed by atoms with E-state index in [0.29, 0.717) is 13.2 Å². The first kappa shape index (κ1) is 16.6. The number of halogens is 1. The molecule has 0 radical (unpaired) electrons. The first-order valence-corrected chi connectivity index (χ1v) is 8.31. The Kier molecular flexibility index (Phi) is 5.90. The summed E-state index contributed by atoms with van der Waals surface area (Å²) in [4.78, 5) is 0. The third kappa shape index (κ3) is 4.34. The van der Waals surface area contributed by atoms with Gasteiger partial charge in [-0.25, -0.2) is 0 Å². The molecule has 0 bridgehead atoms. The molecule has 1 aliphatic heterocycles. The molecule has 1 aliphatic rings. The summed E-state index contributed by atoms with van der Waals surface area (Å²) in [6, 6.07) is 4.10. The highest BCUT2D eigenvalue weighted by molar-refractivity contribution is 9.10. The Morgan fingerprint density at radius 1 is 1.33 bits per heavy atom. The molecule has 4 nitrogen and oxygen atoms in total. The summed E-state index contributed by atoms with van der Waals surface area (Å²) < 4.78 is 12.4. The van der Waals surface area contributed by atoms with Crippen molar-refractivity contribution in [2.45, 2.75) is 45.2 Å². The predicted octanol–water partition coefficient (Wildman–Crippen LogP) is 3.25. The lowest BCUT2D eigenvalue weighted by atomic mass is 9.94. The van der Waals surface area contributed by atoms with E-state index in [4.69, 9.17) is 9.47 Å². The van der Waals surface area contributed by atoms with Crippen molar-refractivity contribution in [3.63, 3.8) is 0 Å². The minimum Gasteiger partial charge on any atom is -0.490 e. The maximum absolute atomic E-state index is 9.18. The van der Waals surface area contributed by atoms with Gasteiger partial charge in [-0.15, -0.1) is 0 Å². The molecule has 0 aromatic heterocycles. The summed E-state index contributed by atoms with van der Waals surface area (Å²) in [6.07, 6.45) is 2.62. The molecule has 0 spiro atoms. The molecule has 118 valence electrons. The molecule has 0 saturated carbocycles. The lowest BCUT2D eigenvalue weighted by Crippen LogP contribution is -2.42. The summed E-state index contributed by atoms with van der Waals surface area (Å²) in [5.41, 5.74) is 1.09. The van der Waals surface area contributed by atoms with Gasteiger partial charge in [-0.1, -0.05) is 6.92 Å². The highest BCUT2D eigenvalue weighted by Crippen LogP contribution is 2.38. The fourth-order valence-corrected chi connectivity index (χ4v) is 2.94. The zero-order chi connectivity index (χ0) is 15.3. The highest BCUT2D eigenvalue weighted by Gasteiger charge is 2.21. The van der Waals surface area contributed by atoms with Crippen LogP contribution < -0.4 is 14.8 Å².